The van der Waals surface area contributed by atoms with Crippen molar-refractivity contribution in [1.82, 2.24) is 0 Å². The van der Waals surface area contributed by atoms with Gasteiger partial charge in [0.25, 0.3) is 0 Å². The van der Waals surface area contributed by atoms with Crippen LogP contribution < -0.4 is 9.47 Å². The molecule has 0 aliphatic heterocycles. The molecule has 18 heavy (non-hydrogen) atoms. The summed E-state index contributed by atoms with van der Waals surface area (Å²) in [4.78, 5) is 11.4. The molecule has 0 N–H and O–H groups in total. The first-order chi connectivity index (χ1) is 8.65. The average Bonchev–Trinajstić information content (AvgIpc) is 2.43. The summed E-state index contributed by atoms with van der Waals surface area (Å²) < 4.78 is 20.1. The maximum atomic E-state index is 11.4. The lowest BCUT2D eigenvalue weighted by atomic mass is 10.1. The Labute approximate surface area is 107 Å². The minimum Gasteiger partial charge on any atom is -0.493 e. The lowest BCUT2D eigenvalue weighted by Gasteiger charge is -2.14. The molecule has 5 heteroatoms. The van der Waals surface area contributed by atoms with E-state index < -0.39 is 12.1 Å². The number of ether oxygens (including phenoxy) is 4. The van der Waals surface area contributed by atoms with Gasteiger partial charge in [-0.15, -0.1) is 0 Å². The van der Waals surface area contributed by atoms with E-state index in [1.165, 1.54) is 14.2 Å². The van der Waals surface area contributed by atoms with Crippen LogP contribution in [0.4, 0.5) is 0 Å². The van der Waals surface area contributed by atoms with Gasteiger partial charge in [0.05, 0.1) is 21.3 Å². The normalized spacial score (nSPS) is 11.8. The Kier molecular flexibility index (Phi) is 5.45. The summed E-state index contributed by atoms with van der Waals surface area (Å²) in [6.45, 7) is 0. The molecule has 0 aliphatic carbocycles. The summed E-state index contributed by atoms with van der Waals surface area (Å²) >= 11 is 0. The van der Waals surface area contributed by atoms with Crippen LogP contribution in [0.3, 0.4) is 0 Å². The molecule has 0 spiro atoms. The summed E-state index contributed by atoms with van der Waals surface area (Å²) in [6, 6.07) is 5.46. The smallest absolute Gasteiger partial charge is 0.335 e. The number of carbonyl (C=O) groups is 1. The van der Waals surface area contributed by atoms with E-state index in [2.05, 4.69) is 4.74 Å². The molecule has 0 amide bonds. The molecule has 0 heterocycles. The second-order valence-electron chi connectivity index (χ2n) is 3.64. The lowest BCUT2D eigenvalue weighted by Crippen LogP contribution is -2.26. The molecule has 0 aromatic heterocycles. The largest absolute Gasteiger partial charge is 0.493 e. The molecular weight excluding hydrogens is 236 g/mol. The molecule has 100 valence electrons. The third-order valence-corrected chi connectivity index (χ3v) is 2.62. The van der Waals surface area contributed by atoms with Crippen molar-refractivity contribution in [3.8, 4) is 11.5 Å². The minimum absolute atomic E-state index is 0.396. The molecule has 0 fully saturated rings. The quantitative estimate of drug-likeness (QED) is 0.719. The van der Waals surface area contributed by atoms with Gasteiger partial charge in [0.15, 0.2) is 17.6 Å². The van der Waals surface area contributed by atoms with Gasteiger partial charge >= 0.3 is 5.97 Å². The van der Waals surface area contributed by atoms with Crippen molar-refractivity contribution in [3.63, 3.8) is 0 Å². The number of rotatable bonds is 6. The summed E-state index contributed by atoms with van der Waals surface area (Å²) in [5, 5.41) is 0. The van der Waals surface area contributed by atoms with Crippen LogP contribution in [-0.2, 0) is 20.7 Å². The molecule has 1 unspecified atom stereocenters. The predicted octanol–water partition coefficient (Wildman–Crippen LogP) is 1.43. The van der Waals surface area contributed by atoms with Crippen molar-refractivity contribution in [1.29, 1.82) is 0 Å². The van der Waals surface area contributed by atoms with Crippen LogP contribution in [0.2, 0.25) is 0 Å². The second kappa shape index (κ2) is 6.86. The molecule has 0 saturated carbocycles. The SMILES string of the molecule is COC(=O)C(Cc1ccc(OC)c(OC)c1)OC. The van der Waals surface area contributed by atoms with Gasteiger partial charge in [0, 0.05) is 13.5 Å². The van der Waals surface area contributed by atoms with Gasteiger partial charge in [-0.2, -0.15) is 0 Å². The maximum Gasteiger partial charge on any atom is 0.335 e. The molecule has 0 bridgehead atoms. The van der Waals surface area contributed by atoms with Gasteiger partial charge in [0.1, 0.15) is 0 Å². The Bertz CT molecular complexity index is 402. The van der Waals surface area contributed by atoms with E-state index in [1.54, 1.807) is 20.3 Å². The molecule has 1 rings (SSSR count). The minimum atomic E-state index is -0.617. The van der Waals surface area contributed by atoms with Gasteiger partial charge in [-0.05, 0) is 17.7 Å². The zero-order chi connectivity index (χ0) is 13.5. The van der Waals surface area contributed by atoms with Crippen molar-refractivity contribution in [2.24, 2.45) is 0 Å². The highest BCUT2D eigenvalue weighted by molar-refractivity contribution is 5.75. The van der Waals surface area contributed by atoms with Gasteiger partial charge in [-0.1, -0.05) is 6.07 Å². The number of benzene rings is 1. The third-order valence-electron chi connectivity index (χ3n) is 2.62. The van der Waals surface area contributed by atoms with Crippen molar-refractivity contribution in [2.45, 2.75) is 12.5 Å². The Balaban J connectivity index is 2.87. The third kappa shape index (κ3) is 3.37. The summed E-state index contributed by atoms with van der Waals surface area (Å²) in [5.41, 5.74) is 0.907. The highest BCUT2D eigenvalue weighted by Gasteiger charge is 2.19. The van der Waals surface area contributed by atoms with E-state index in [0.717, 1.165) is 5.56 Å². The van der Waals surface area contributed by atoms with Gasteiger partial charge in [-0.25, -0.2) is 4.79 Å². The average molecular weight is 254 g/mol. The van der Waals surface area contributed by atoms with Crippen molar-refractivity contribution in [3.05, 3.63) is 23.8 Å². The van der Waals surface area contributed by atoms with E-state index >= 15 is 0 Å². The van der Waals surface area contributed by atoms with Crippen LogP contribution in [0.25, 0.3) is 0 Å². The van der Waals surface area contributed by atoms with E-state index in [4.69, 9.17) is 14.2 Å². The van der Waals surface area contributed by atoms with Crippen LogP contribution in [0, 0.1) is 0 Å². The number of esters is 1. The number of hydrogen-bond acceptors (Lipinski definition) is 5. The summed E-state index contributed by atoms with van der Waals surface area (Å²) in [5.74, 6) is 0.871. The van der Waals surface area contributed by atoms with Gasteiger partial charge in [0.2, 0.25) is 0 Å². The van der Waals surface area contributed by atoms with E-state index in [1.807, 2.05) is 12.1 Å². The van der Waals surface area contributed by atoms with Crippen LogP contribution in [0.5, 0.6) is 11.5 Å². The highest BCUT2D eigenvalue weighted by Crippen LogP contribution is 2.28. The number of hydrogen-bond donors (Lipinski definition) is 0. The van der Waals surface area contributed by atoms with Gasteiger partial charge in [-0.3, -0.25) is 0 Å². The fourth-order valence-corrected chi connectivity index (χ4v) is 1.62. The van der Waals surface area contributed by atoms with Gasteiger partial charge < -0.3 is 18.9 Å². The maximum absolute atomic E-state index is 11.4. The first kappa shape index (κ1) is 14.3. The summed E-state index contributed by atoms with van der Waals surface area (Å²) in [7, 11) is 5.95. The standard InChI is InChI=1S/C13H18O5/c1-15-10-6-5-9(7-11(10)16-2)8-12(17-3)13(14)18-4/h5-7,12H,8H2,1-4H3. The predicted molar refractivity (Wildman–Crippen MR) is 66.1 cm³/mol. The van der Waals surface area contributed by atoms with Crippen LogP contribution in [0.1, 0.15) is 5.56 Å². The molecule has 0 saturated heterocycles. The Hall–Kier alpha value is -1.75. The van der Waals surface area contributed by atoms with Crippen LogP contribution in [-0.4, -0.2) is 40.5 Å². The molecule has 0 radical (unpaired) electrons. The second-order valence-corrected chi connectivity index (χ2v) is 3.64. The molecule has 1 aromatic carbocycles. The molecule has 1 atom stereocenters. The fourth-order valence-electron chi connectivity index (χ4n) is 1.62. The molecule has 1 aromatic rings. The van der Waals surface area contributed by atoms with Crippen molar-refractivity contribution >= 4 is 5.97 Å². The van der Waals surface area contributed by atoms with E-state index in [0.29, 0.717) is 17.9 Å². The molecular formula is C13H18O5. The zero-order valence-electron chi connectivity index (χ0n) is 11.1. The van der Waals surface area contributed by atoms with Crippen LogP contribution in [0.15, 0.2) is 18.2 Å². The lowest BCUT2D eigenvalue weighted by molar-refractivity contribution is -0.152. The monoisotopic (exact) mass is 254 g/mol. The highest BCUT2D eigenvalue weighted by atomic mass is 16.6. The number of methoxy groups -OCH3 is 4. The number of carbonyl (C=O) groups excluding carboxylic acids is 1. The Morgan fingerprint density at radius 1 is 1.11 bits per heavy atom. The van der Waals surface area contributed by atoms with E-state index in [9.17, 15) is 4.79 Å². The van der Waals surface area contributed by atoms with Crippen molar-refractivity contribution < 1.29 is 23.7 Å². The topological polar surface area (TPSA) is 54.0 Å². The fraction of sp³-hybridized carbons (Fsp3) is 0.462. The Morgan fingerprint density at radius 2 is 1.78 bits per heavy atom. The van der Waals surface area contributed by atoms with E-state index in [-0.39, 0.29) is 0 Å². The zero-order valence-corrected chi connectivity index (χ0v) is 11.1. The first-order valence-electron chi connectivity index (χ1n) is 5.47. The van der Waals surface area contributed by atoms with Crippen LogP contribution >= 0.6 is 0 Å². The molecule has 0 aliphatic rings. The summed E-state index contributed by atoms with van der Waals surface area (Å²) in [6.07, 6.45) is -0.197. The molecule has 5 nitrogen and oxygen atoms in total. The van der Waals surface area contributed by atoms with Crippen molar-refractivity contribution in [2.75, 3.05) is 28.4 Å². The first-order valence-corrected chi connectivity index (χ1v) is 5.47. The Morgan fingerprint density at radius 3 is 2.28 bits per heavy atom.